The highest BCUT2D eigenvalue weighted by Crippen LogP contribution is 2.41. The molecule has 0 radical (unpaired) electrons. The Balaban J connectivity index is 1.75. The highest BCUT2D eigenvalue weighted by molar-refractivity contribution is 6.35. The molecule has 1 fully saturated rings. The molecule has 2 aliphatic heterocycles. The van der Waals surface area contributed by atoms with Crippen molar-refractivity contribution in [2.75, 3.05) is 29.9 Å². The number of nitrogens with zero attached hydrogens (tertiary/aromatic N) is 3. The van der Waals surface area contributed by atoms with E-state index in [1.54, 1.807) is 24.0 Å². The second-order valence-corrected chi connectivity index (χ2v) is 8.77. The van der Waals surface area contributed by atoms with E-state index in [1.165, 1.54) is 6.07 Å². The van der Waals surface area contributed by atoms with Gasteiger partial charge in [0.15, 0.2) is 0 Å². The third-order valence-corrected chi connectivity index (χ3v) is 6.45. The van der Waals surface area contributed by atoms with Crippen LogP contribution in [0, 0.1) is 23.2 Å². The maximum absolute atomic E-state index is 13.2. The minimum atomic E-state index is -1.17. The van der Waals surface area contributed by atoms with Crippen LogP contribution in [0.2, 0.25) is 10.0 Å². The van der Waals surface area contributed by atoms with Crippen LogP contribution in [0.1, 0.15) is 36.8 Å². The molecule has 33 heavy (non-hydrogen) atoms. The quantitative estimate of drug-likeness (QED) is 0.631. The lowest BCUT2D eigenvalue weighted by molar-refractivity contribution is -0.148. The molecule has 1 saturated heterocycles. The number of anilines is 2. The van der Waals surface area contributed by atoms with Gasteiger partial charge in [0.1, 0.15) is 11.7 Å². The van der Waals surface area contributed by atoms with Crippen molar-refractivity contribution in [3.05, 3.63) is 49.7 Å². The first kappa shape index (κ1) is 23.1. The number of H-pyrrole nitrogens is 1. The molecule has 2 N–H and O–H groups in total. The number of nitriles is 1. The first-order valence-electron chi connectivity index (χ1n) is 10.5. The maximum atomic E-state index is 13.2. The van der Waals surface area contributed by atoms with Crippen molar-refractivity contribution >= 4 is 46.8 Å². The summed E-state index contributed by atoms with van der Waals surface area (Å²) >= 11 is 12.4. The van der Waals surface area contributed by atoms with Crippen LogP contribution in [0.15, 0.2) is 23.0 Å². The first-order chi connectivity index (χ1) is 15.8. The Labute approximate surface area is 199 Å². The first-order valence-corrected chi connectivity index (χ1v) is 11.3. The van der Waals surface area contributed by atoms with Crippen molar-refractivity contribution in [3.8, 4) is 6.07 Å². The Kier molecular flexibility index (Phi) is 6.58. The fourth-order valence-corrected chi connectivity index (χ4v) is 4.89. The molecule has 1 aromatic carbocycles. The summed E-state index contributed by atoms with van der Waals surface area (Å²) in [5.41, 5.74) is 0.0849. The SMILES string of the molecule is CCOC(=O)C1CCCN(c2nc3c(c(=O)[nH]2)C(c2ccc(Cl)cc2Cl)C(C#N)C(=O)N3)C1. The van der Waals surface area contributed by atoms with Crippen LogP contribution in [-0.4, -0.2) is 41.5 Å². The lowest BCUT2D eigenvalue weighted by Gasteiger charge is -2.33. The number of piperidine rings is 1. The molecule has 9 nitrogen and oxygen atoms in total. The summed E-state index contributed by atoms with van der Waals surface area (Å²) in [7, 11) is 0. The number of aromatic amines is 1. The molecule has 3 heterocycles. The number of hydrogen-bond donors (Lipinski definition) is 2. The van der Waals surface area contributed by atoms with E-state index in [9.17, 15) is 19.6 Å². The zero-order valence-corrected chi connectivity index (χ0v) is 19.2. The van der Waals surface area contributed by atoms with Crippen LogP contribution in [0.5, 0.6) is 0 Å². The third-order valence-electron chi connectivity index (χ3n) is 5.89. The molecular weight excluding hydrogens is 469 g/mol. The van der Waals surface area contributed by atoms with Crippen LogP contribution < -0.4 is 15.8 Å². The summed E-state index contributed by atoms with van der Waals surface area (Å²) in [6, 6.07) is 6.66. The number of halogens is 2. The maximum Gasteiger partial charge on any atom is 0.310 e. The largest absolute Gasteiger partial charge is 0.466 e. The normalized spacial score (nSPS) is 22.2. The zero-order valence-electron chi connectivity index (χ0n) is 17.7. The number of esters is 1. The number of carbonyl (C=O) groups excluding carboxylic acids is 2. The molecule has 0 bridgehead atoms. The van der Waals surface area contributed by atoms with Gasteiger partial charge in [-0.15, -0.1) is 0 Å². The predicted molar refractivity (Wildman–Crippen MR) is 122 cm³/mol. The summed E-state index contributed by atoms with van der Waals surface area (Å²) in [5, 5.41) is 12.9. The Morgan fingerprint density at radius 3 is 2.85 bits per heavy atom. The molecule has 3 atom stereocenters. The molecular formula is C22H21Cl2N5O4. The van der Waals surface area contributed by atoms with Gasteiger partial charge in [-0.2, -0.15) is 10.2 Å². The Hall–Kier alpha value is -3.09. The van der Waals surface area contributed by atoms with Gasteiger partial charge in [0.2, 0.25) is 11.9 Å². The number of fused-ring (bicyclic) bond motifs is 1. The van der Waals surface area contributed by atoms with Crippen molar-refractivity contribution < 1.29 is 14.3 Å². The molecule has 2 aromatic rings. The minimum absolute atomic E-state index is 0.0690. The van der Waals surface area contributed by atoms with Crippen molar-refractivity contribution in [2.45, 2.75) is 25.7 Å². The van der Waals surface area contributed by atoms with Crippen LogP contribution in [0.25, 0.3) is 0 Å². The Morgan fingerprint density at radius 2 is 2.15 bits per heavy atom. The molecule has 172 valence electrons. The van der Waals surface area contributed by atoms with Crippen LogP contribution >= 0.6 is 23.2 Å². The van der Waals surface area contributed by atoms with Gasteiger partial charge >= 0.3 is 5.97 Å². The minimum Gasteiger partial charge on any atom is -0.466 e. The van der Waals surface area contributed by atoms with Gasteiger partial charge in [0.05, 0.1) is 24.2 Å². The topological polar surface area (TPSA) is 128 Å². The summed E-state index contributed by atoms with van der Waals surface area (Å²) in [6.07, 6.45) is 1.40. The summed E-state index contributed by atoms with van der Waals surface area (Å²) in [6.45, 7) is 2.96. The number of carbonyl (C=O) groups is 2. The van der Waals surface area contributed by atoms with Crippen LogP contribution in [-0.2, 0) is 14.3 Å². The second kappa shape index (κ2) is 9.41. The molecule has 3 unspecified atom stereocenters. The van der Waals surface area contributed by atoms with E-state index in [2.05, 4.69) is 15.3 Å². The van der Waals surface area contributed by atoms with Gasteiger partial charge in [-0.25, -0.2) is 0 Å². The number of nitrogens with one attached hydrogen (secondary N) is 2. The van der Waals surface area contributed by atoms with E-state index < -0.39 is 23.3 Å². The summed E-state index contributed by atoms with van der Waals surface area (Å²) < 4.78 is 5.13. The second-order valence-electron chi connectivity index (χ2n) is 7.93. The Morgan fingerprint density at radius 1 is 1.36 bits per heavy atom. The number of amides is 1. The molecule has 0 saturated carbocycles. The molecule has 0 spiro atoms. The number of hydrogen-bond acceptors (Lipinski definition) is 7. The highest BCUT2D eigenvalue weighted by atomic mass is 35.5. The predicted octanol–water partition coefficient (Wildman–Crippen LogP) is 3.08. The molecule has 1 aromatic heterocycles. The monoisotopic (exact) mass is 489 g/mol. The summed E-state index contributed by atoms with van der Waals surface area (Å²) in [5.74, 6) is -2.98. The van der Waals surface area contributed by atoms with Crippen LogP contribution in [0.4, 0.5) is 11.8 Å². The molecule has 11 heteroatoms. The third kappa shape index (κ3) is 4.41. The Bertz CT molecular complexity index is 1210. The standard InChI is InChI=1S/C22H21Cl2N5O4/c1-2-33-21(32)11-4-3-7-29(10-11)22-27-18-17(20(31)28-22)16(14(9-25)19(30)26-18)13-6-5-12(23)8-15(13)24/h5-6,8,11,14,16H,2-4,7,10H2,1H3,(H2,26,27,28,30,31). The van der Waals surface area contributed by atoms with E-state index in [-0.39, 0.29) is 34.2 Å². The molecule has 1 amide bonds. The molecule has 2 aliphatic rings. The molecule has 4 rings (SSSR count). The average molecular weight is 490 g/mol. The number of ether oxygens (including phenoxy) is 1. The van der Waals surface area contributed by atoms with E-state index >= 15 is 0 Å². The number of aromatic nitrogens is 2. The van der Waals surface area contributed by atoms with Crippen molar-refractivity contribution in [1.82, 2.24) is 9.97 Å². The van der Waals surface area contributed by atoms with Crippen molar-refractivity contribution in [1.29, 1.82) is 5.26 Å². The van der Waals surface area contributed by atoms with E-state index in [1.807, 2.05) is 6.07 Å². The number of rotatable bonds is 4. The lowest BCUT2D eigenvalue weighted by Crippen LogP contribution is -2.43. The van der Waals surface area contributed by atoms with Gasteiger partial charge < -0.3 is 15.0 Å². The van der Waals surface area contributed by atoms with E-state index in [0.29, 0.717) is 36.7 Å². The van der Waals surface area contributed by atoms with Crippen molar-refractivity contribution in [2.24, 2.45) is 11.8 Å². The van der Waals surface area contributed by atoms with Gasteiger partial charge in [-0.3, -0.25) is 19.4 Å². The highest BCUT2D eigenvalue weighted by Gasteiger charge is 2.41. The smallest absolute Gasteiger partial charge is 0.310 e. The van der Waals surface area contributed by atoms with Crippen molar-refractivity contribution in [3.63, 3.8) is 0 Å². The lowest BCUT2D eigenvalue weighted by atomic mass is 9.79. The fraction of sp³-hybridized carbons (Fsp3) is 0.409. The average Bonchev–Trinajstić information content (AvgIpc) is 2.78. The molecule has 0 aliphatic carbocycles. The number of benzene rings is 1. The van der Waals surface area contributed by atoms with E-state index in [4.69, 9.17) is 27.9 Å². The van der Waals surface area contributed by atoms with Crippen LogP contribution in [0.3, 0.4) is 0 Å². The van der Waals surface area contributed by atoms with Gasteiger partial charge in [0, 0.05) is 29.1 Å². The fourth-order valence-electron chi connectivity index (χ4n) is 4.36. The zero-order chi connectivity index (χ0) is 23.7. The van der Waals surface area contributed by atoms with E-state index in [0.717, 1.165) is 6.42 Å². The van der Waals surface area contributed by atoms with Gasteiger partial charge in [-0.1, -0.05) is 29.3 Å². The van der Waals surface area contributed by atoms with Gasteiger partial charge in [0.25, 0.3) is 5.56 Å². The van der Waals surface area contributed by atoms with Gasteiger partial charge in [-0.05, 0) is 37.5 Å². The summed E-state index contributed by atoms with van der Waals surface area (Å²) in [4.78, 5) is 47.2.